The van der Waals surface area contributed by atoms with Gasteiger partial charge in [-0.1, -0.05) is 11.6 Å². The van der Waals surface area contributed by atoms with E-state index in [1.165, 1.54) is 0 Å². The number of pyridine rings is 1. The Kier molecular flexibility index (Phi) is 5.45. The first-order chi connectivity index (χ1) is 16.7. The molecule has 0 N–H and O–H groups in total. The van der Waals surface area contributed by atoms with Crippen LogP contribution in [-0.4, -0.2) is 52.1 Å². The van der Waals surface area contributed by atoms with Crippen molar-refractivity contribution in [2.45, 2.75) is 6.54 Å². The monoisotopic (exact) mass is 474 g/mol. The largest absolute Gasteiger partial charge is 0.456 e. The molecule has 1 fully saturated rings. The van der Waals surface area contributed by atoms with Gasteiger partial charge in [0.15, 0.2) is 0 Å². The minimum atomic E-state index is -0.125. The Bertz CT molecular complexity index is 1530. The molecule has 0 unspecified atom stereocenters. The molecule has 4 heterocycles. The third-order valence-corrected chi connectivity index (χ3v) is 6.60. The minimum Gasteiger partial charge on any atom is -0.456 e. The van der Waals surface area contributed by atoms with Gasteiger partial charge in [-0.15, -0.1) is 0 Å². The molecule has 8 heteroatoms. The predicted molar refractivity (Wildman–Crippen MR) is 133 cm³/mol. The van der Waals surface area contributed by atoms with Gasteiger partial charge in [-0.25, -0.2) is 0 Å². The number of hydrogen-bond donors (Lipinski definition) is 0. The van der Waals surface area contributed by atoms with Gasteiger partial charge in [0.1, 0.15) is 11.3 Å². The number of benzene rings is 2. The lowest BCUT2D eigenvalue weighted by atomic mass is 10.1. The van der Waals surface area contributed by atoms with Crippen LogP contribution in [0.25, 0.3) is 38.9 Å². The zero-order valence-electron chi connectivity index (χ0n) is 18.5. The Labute approximate surface area is 200 Å². The van der Waals surface area contributed by atoms with Crippen LogP contribution in [0, 0.1) is 0 Å². The fraction of sp³-hybridized carbons (Fsp3) is 0.231. The molecule has 2 aromatic carbocycles. The first kappa shape index (κ1) is 21.2. The van der Waals surface area contributed by atoms with Gasteiger partial charge in [0, 0.05) is 47.5 Å². The SMILES string of the molecule is O=c1c2cc(-c3ccc(Cl)cc3)oc2ccn1-c1ccc2c(cnn2CCN2CCOCC2)c1. The van der Waals surface area contributed by atoms with Crippen LogP contribution in [0.5, 0.6) is 0 Å². The summed E-state index contributed by atoms with van der Waals surface area (Å²) in [5.74, 6) is 0.638. The molecule has 3 aromatic heterocycles. The van der Waals surface area contributed by atoms with Crippen LogP contribution in [0.4, 0.5) is 0 Å². The maximum atomic E-state index is 13.3. The topological polar surface area (TPSA) is 65.4 Å². The smallest absolute Gasteiger partial charge is 0.266 e. The van der Waals surface area contributed by atoms with Crippen molar-refractivity contribution in [1.82, 2.24) is 19.2 Å². The third kappa shape index (κ3) is 3.92. The van der Waals surface area contributed by atoms with Gasteiger partial charge in [-0.3, -0.25) is 18.9 Å². The van der Waals surface area contributed by atoms with E-state index in [-0.39, 0.29) is 5.56 Å². The molecule has 0 bridgehead atoms. The molecule has 34 heavy (non-hydrogen) atoms. The van der Waals surface area contributed by atoms with Crippen molar-refractivity contribution >= 4 is 33.5 Å². The van der Waals surface area contributed by atoms with Gasteiger partial charge < -0.3 is 9.15 Å². The summed E-state index contributed by atoms with van der Waals surface area (Å²) < 4.78 is 15.0. The molecule has 0 amide bonds. The highest BCUT2D eigenvalue weighted by Crippen LogP contribution is 2.27. The van der Waals surface area contributed by atoms with Crippen molar-refractivity contribution in [3.63, 3.8) is 0 Å². The second-order valence-electron chi connectivity index (χ2n) is 8.45. The van der Waals surface area contributed by atoms with E-state index in [0.29, 0.717) is 21.8 Å². The minimum absolute atomic E-state index is 0.125. The molecular formula is C26H23ClN4O3. The number of morpholine rings is 1. The van der Waals surface area contributed by atoms with Crippen molar-refractivity contribution in [1.29, 1.82) is 0 Å². The van der Waals surface area contributed by atoms with Crippen LogP contribution in [-0.2, 0) is 11.3 Å². The molecule has 6 rings (SSSR count). The van der Waals surface area contributed by atoms with Crippen molar-refractivity contribution < 1.29 is 9.15 Å². The van der Waals surface area contributed by atoms with Gasteiger partial charge in [0.05, 0.1) is 36.9 Å². The van der Waals surface area contributed by atoms with E-state index in [0.717, 1.165) is 61.5 Å². The van der Waals surface area contributed by atoms with E-state index in [2.05, 4.69) is 10.00 Å². The second kappa shape index (κ2) is 8.76. The summed E-state index contributed by atoms with van der Waals surface area (Å²) in [6.07, 6.45) is 3.61. The van der Waals surface area contributed by atoms with E-state index in [9.17, 15) is 4.79 Å². The number of rotatable bonds is 5. The zero-order valence-corrected chi connectivity index (χ0v) is 19.2. The fourth-order valence-electron chi connectivity index (χ4n) is 4.46. The number of ether oxygens (including phenoxy) is 1. The lowest BCUT2D eigenvalue weighted by Gasteiger charge is -2.26. The highest BCUT2D eigenvalue weighted by Gasteiger charge is 2.14. The van der Waals surface area contributed by atoms with Gasteiger partial charge >= 0.3 is 0 Å². The Morgan fingerprint density at radius 2 is 1.79 bits per heavy atom. The summed E-state index contributed by atoms with van der Waals surface area (Å²) in [5, 5.41) is 6.77. The van der Waals surface area contributed by atoms with Crippen LogP contribution in [0.3, 0.4) is 0 Å². The predicted octanol–water partition coefficient (Wildman–Crippen LogP) is 4.59. The van der Waals surface area contributed by atoms with Crippen LogP contribution in [0.15, 0.2) is 76.2 Å². The third-order valence-electron chi connectivity index (χ3n) is 6.35. The van der Waals surface area contributed by atoms with E-state index < -0.39 is 0 Å². The molecule has 0 atom stereocenters. The molecule has 1 saturated heterocycles. The molecule has 5 aromatic rings. The number of fused-ring (bicyclic) bond motifs is 2. The van der Waals surface area contributed by atoms with Gasteiger partial charge in [0.2, 0.25) is 0 Å². The number of hydrogen-bond acceptors (Lipinski definition) is 5. The zero-order chi connectivity index (χ0) is 23.1. The molecule has 172 valence electrons. The molecule has 0 saturated carbocycles. The molecule has 0 spiro atoms. The van der Waals surface area contributed by atoms with E-state index in [1.54, 1.807) is 29.0 Å². The summed E-state index contributed by atoms with van der Waals surface area (Å²) in [5.41, 5.74) is 3.15. The van der Waals surface area contributed by atoms with Crippen molar-refractivity contribution in [2.24, 2.45) is 0 Å². The van der Waals surface area contributed by atoms with E-state index in [1.807, 2.05) is 47.3 Å². The molecule has 1 aliphatic heterocycles. The Balaban J connectivity index is 1.30. The van der Waals surface area contributed by atoms with Crippen molar-refractivity contribution in [3.8, 4) is 17.0 Å². The first-order valence-electron chi connectivity index (χ1n) is 11.3. The number of halogens is 1. The molecule has 7 nitrogen and oxygen atoms in total. The van der Waals surface area contributed by atoms with E-state index >= 15 is 0 Å². The fourth-order valence-corrected chi connectivity index (χ4v) is 4.58. The molecule has 1 aliphatic rings. The van der Waals surface area contributed by atoms with Gasteiger partial charge in [-0.05, 0) is 54.6 Å². The summed E-state index contributed by atoms with van der Waals surface area (Å²) in [6, 6.07) is 17.0. The van der Waals surface area contributed by atoms with Gasteiger partial charge in [-0.2, -0.15) is 5.10 Å². The quantitative estimate of drug-likeness (QED) is 0.373. The average molecular weight is 475 g/mol. The standard InChI is InChI=1S/C26H23ClN4O3/c27-20-3-1-18(2-4-20)25-16-22-24(34-25)7-8-30(26(22)32)21-5-6-23-19(15-21)17-28-31(23)10-9-29-11-13-33-14-12-29/h1-8,15-17H,9-14H2. The van der Waals surface area contributed by atoms with E-state index in [4.69, 9.17) is 20.8 Å². The molecule has 0 radical (unpaired) electrons. The normalized spacial score (nSPS) is 14.9. The summed E-state index contributed by atoms with van der Waals surface area (Å²) in [6.45, 7) is 5.26. The van der Waals surface area contributed by atoms with Gasteiger partial charge in [0.25, 0.3) is 5.56 Å². The lowest BCUT2D eigenvalue weighted by Crippen LogP contribution is -2.38. The highest BCUT2D eigenvalue weighted by atomic mass is 35.5. The Morgan fingerprint density at radius 3 is 2.62 bits per heavy atom. The van der Waals surface area contributed by atoms with Crippen LogP contribution in [0.2, 0.25) is 5.02 Å². The Hall–Kier alpha value is -3.39. The summed E-state index contributed by atoms with van der Waals surface area (Å²) >= 11 is 5.99. The first-order valence-corrected chi connectivity index (χ1v) is 11.7. The van der Waals surface area contributed by atoms with Crippen LogP contribution in [0.1, 0.15) is 0 Å². The number of aromatic nitrogens is 3. The van der Waals surface area contributed by atoms with Crippen molar-refractivity contribution in [2.75, 3.05) is 32.8 Å². The van der Waals surface area contributed by atoms with Crippen molar-refractivity contribution in [3.05, 3.63) is 82.4 Å². The Morgan fingerprint density at radius 1 is 0.971 bits per heavy atom. The van der Waals surface area contributed by atoms with Crippen LogP contribution < -0.4 is 5.56 Å². The van der Waals surface area contributed by atoms with Crippen LogP contribution >= 0.6 is 11.6 Å². The summed E-state index contributed by atoms with van der Waals surface area (Å²) in [7, 11) is 0. The average Bonchev–Trinajstić information content (AvgIpc) is 3.48. The maximum Gasteiger partial charge on any atom is 0.266 e. The number of furan rings is 1. The second-order valence-corrected chi connectivity index (χ2v) is 8.89. The molecule has 0 aliphatic carbocycles. The lowest BCUT2D eigenvalue weighted by molar-refractivity contribution is 0.0361. The maximum absolute atomic E-state index is 13.3. The molecular weight excluding hydrogens is 452 g/mol. The summed E-state index contributed by atoms with van der Waals surface area (Å²) in [4.78, 5) is 15.7. The highest BCUT2D eigenvalue weighted by molar-refractivity contribution is 6.30. The number of nitrogens with zero attached hydrogens (tertiary/aromatic N) is 4.